The third-order valence-electron chi connectivity index (χ3n) is 3.85. The lowest BCUT2D eigenvalue weighted by Crippen LogP contribution is -2.27. The minimum absolute atomic E-state index is 0.222. The van der Waals surface area contributed by atoms with Gasteiger partial charge < -0.3 is 5.32 Å². The van der Waals surface area contributed by atoms with E-state index in [1.54, 1.807) is 0 Å². The molecule has 0 heterocycles. The highest BCUT2D eigenvalue weighted by Gasteiger charge is 2.25. The highest BCUT2D eigenvalue weighted by Crippen LogP contribution is 2.35. The third-order valence-corrected chi connectivity index (χ3v) is 3.85. The quantitative estimate of drug-likeness (QED) is 0.759. The van der Waals surface area contributed by atoms with Crippen molar-refractivity contribution in [3.8, 4) is 0 Å². The third kappa shape index (κ3) is 3.50. The van der Waals surface area contributed by atoms with E-state index in [-0.39, 0.29) is 11.6 Å². The lowest BCUT2D eigenvalue weighted by atomic mass is 9.79. The van der Waals surface area contributed by atoms with E-state index in [0.29, 0.717) is 12.0 Å². The van der Waals surface area contributed by atoms with Crippen LogP contribution in [0.2, 0.25) is 0 Å². The second kappa shape index (κ2) is 6.42. The van der Waals surface area contributed by atoms with Crippen molar-refractivity contribution in [1.29, 1.82) is 0 Å². The molecule has 1 unspecified atom stereocenters. The molecule has 1 nitrogen and oxygen atoms in total. The Hall–Kier alpha value is -1.03. The van der Waals surface area contributed by atoms with Crippen LogP contribution in [0.25, 0.3) is 0 Å². The SMILES string of the molecule is CCCNC(CC1CCC1)c1cc(F)c(F)cc1F. The molecule has 1 fully saturated rings. The van der Waals surface area contributed by atoms with Crippen LogP contribution in [0.3, 0.4) is 0 Å². The van der Waals surface area contributed by atoms with Crippen LogP contribution in [0, 0.1) is 23.4 Å². The summed E-state index contributed by atoms with van der Waals surface area (Å²) in [6.45, 7) is 2.77. The van der Waals surface area contributed by atoms with E-state index in [4.69, 9.17) is 0 Å². The number of halogens is 3. The summed E-state index contributed by atoms with van der Waals surface area (Å²) in [4.78, 5) is 0. The van der Waals surface area contributed by atoms with Crippen molar-refractivity contribution in [1.82, 2.24) is 5.32 Å². The summed E-state index contributed by atoms with van der Waals surface area (Å²) in [6.07, 6.45) is 5.23. The molecule has 0 saturated heterocycles. The Morgan fingerprint density at radius 3 is 2.42 bits per heavy atom. The summed E-state index contributed by atoms with van der Waals surface area (Å²) >= 11 is 0. The molecule has 0 radical (unpaired) electrons. The molecular formula is C15H20F3N. The molecule has 1 N–H and O–H groups in total. The fourth-order valence-electron chi connectivity index (χ4n) is 2.51. The number of rotatable bonds is 6. The van der Waals surface area contributed by atoms with Crippen molar-refractivity contribution in [2.75, 3.05) is 6.54 Å². The highest BCUT2D eigenvalue weighted by molar-refractivity contribution is 5.23. The first-order valence-corrected chi connectivity index (χ1v) is 6.99. The van der Waals surface area contributed by atoms with Crippen LogP contribution < -0.4 is 5.32 Å². The lowest BCUT2D eigenvalue weighted by molar-refractivity contribution is 0.258. The van der Waals surface area contributed by atoms with E-state index in [9.17, 15) is 13.2 Å². The fraction of sp³-hybridized carbons (Fsp3) is 0.600. The molecule has 0 spiro atoms. The normalized spacial score (nSPS) is 17.3. The zero-order chi connectivity index (χ0) is 13.8. The van der Waals surface area contributed by atoms with Gasteiger partial charge in [0.2, 0.25) is 0 Å². The van der Waals surface area contributed by atoms with Crippen LogP contribution in [0.5, 0.6) is 0 Å². The van der Waals surface area contributed by atoms with Crippen LogP contribution >= 0.6 is 0 Å². The van der Waals surface area contributed by atoms with E-state index < -0.39 is 17.5 Å². The smallest absolute Gasteiger partial charge is 0.161 e. The van der Waals surface area contributed by atoms with Crippen LogP contribution in [0.1, 0.15) is 50.6 Å². The first-order chi connectivity index (χ1) is 9.11. The van der Waals surface area contributed by atoms with Gasteiger partial charge in [-0.3, -0.25) is 0 Å². The molecular weight excluding hydrogens is 251 g/mol. The fourth-order valence-corrected chi connectivity index (χ4v) is 2.51. The van der Waals surface area contributed by atoms with E-state index in [0.717, 1.165) is 38.3 Å². The Bertz CT molecular complexity index is 430. The Morgan fingerprint density at radius 2 is 1.84 bits per heavy atom. The van der Waals surface area contributed by atoms with Gasteiger partial charge in [0.25, 0.3) is 0 Å². The zero-order valence-electron chi connectivity index (χ0n) is 11.2. The summed E-state index contributed by atoms with van der Waals surface area (Å²) in [7, 11) is 0. The molecule has 1 atom stereocenters. The standard InChI is InChI=1S/C15H20F3N/c1-2-6-19-15(7-10-4-3-5-10)11-8-13(17)14(18)9-12(11)16/h8-10,15,19H,2-7H2,1H3. The summed E-state index contributed by atoms with van der Waals surface area (Å²) in [5.74, 6) is -2.19. The maximum atomic E-state index is 13.8. The second-order valence-corrected chi connectivity index (χ2v) is 5.33. The lowest BCUT2D eigenvalue weighted by Gasteiger charge is -2.30. The molecule has 1 aromatic rings. The summed E-state index contributed by atoms with van der Waals surface area (Å²) in [5, 5.41) is 3.24. The van der Waals surface area contributed by atoms with E-state index in [1.165, 1.54) is 6.42 Å². The Balaban J connectivity index is 2.17. The average Bonchev–Trinajstić information content (AvgIpc) is 2.32. The highest BCUT2D eigenvalue weighted by atomic mass is 19.2. The molecule has 106 valence electrons. The monoisotopic (exact) mass is 271 g/mol. The number of hydrogen-bond acceptors (Lipinski definition) is 1. The van der Waals surface area contributed by atoms with Gasteiger partial charge in [0.1, 0.15) is 5.82 Å². The maximum absolute atomic E-state index is 13.8. The van der Waals surface area contributed by atoms with Crippen molar-refractivity contribution in [2.45, 2.75) is 45.1 Å². The van der Waals surface area contributed by atoms with Gasteiger partial charge in [-0.15, -0.1) is 0 Å². The van der Waals surface area contributed by atoms with Gasteiger partial charge in [-0.2, -0.15) is 0 Å². The van der Waals surface area contributed by atoms with Gasteiger partial charge >= 0.3 is 0 Å². The predicted molar refractivity (Wildman–Crippen MR) is 69.3 cm³/mol. The zero-order valence-corrected chi connectivity index (χ0v) is 11.2. The second-order valence-electron chi connectivity index (χ2n) is 5.33. The van der Waals surface area contributed by atoms with Gasteiger partial charge in [0.05, 0.1) is 0 Å². The van der Waals surface area contributed by atoms with Crippen molar-refractivity contribution < 1.29 is 13.2 Å². The van der Waals surface area contributed by atoms with Crippen molar-refractivity contribution in [3.05, 3.63) is 35.1 Å². The van der Waals surface area contributed by atoms with Gasteiger partial charge in [0, 0.05) is 17.7 Å². The molecule has 0 aliphatic heterocycles. The van der Waals surface area contributed by atoms with Gasteiger partial charge in [-0.05, 0) is 31.4 Å². The first kappa shape index (κ1) is 14.4. The van der Waals surface area contributed by atoms with Crippen LogP contribution in [0.4, 0.5) is 13.2 Å². The largest absolute Gasteiger partial charge is 0.310 e. The maximum Gasteiger partial charge on any atom is 0.161 e. The van der Waals surface area contributed by atoms with Gasteiger partial charge in [0.15, 0.2) is 11.6 Å². The van der Waals surface area contributed by atoms with Crippen LogP contribution in [-0.2, 0) is 0 Å². The molecule has 1 saturated carbocycles. The molecule has 0 bridgehead atoms. The van der Waals surface area contributed by atoms with E-state index in [2.05, 4.69) is 5.32 Å². The van der Waals surface area contributed by atoms with Crippen molar-refractivity contribution in [3.63, 3.8) is 0 Å². The molecule has 4 heteroatoms. The summed E-state index contributed by atoms with van der Waals surface area (Å²) in [5.41, 5.74) is 0.249. The molecule has 0 aromatic heterocycles. The van der Waals surface area contributed by atoms with Gasteiger partial charge in [-0.1, -0.05) is 26.2 Å². The van der Waals surface area contributed by atoms with Crippen LogP contribution in [-0.4, -0.2) is 6.54 Å². The van der Waals surface area contributed by atoms with Crippen molar-refractivity contribution >= 4 is 0 Å². The Kier molecular flexibility index (Phi) is 4.86. The summed E-state index contributed by atoms with van der Waals surface area (Å²) < 4.78 is 40.1. The minimum atomic E-state index is -1.13. The summed E-state index contributed by atoms with van der Waals surface area (Å²) in [6, 6.07) is 1.42. The topological polar surface area (TPSA) is 12.0 Å². The molecule has 19 heavy (non-hydrogen) atoms. The predicted octanol–water partition coefficient (Wildman–Crippen LogP) is 4.33. The molecule has 1 aliphatic carbocycles. The number of nitrogens with one attached hydrogen (secondary N) is 1. The minimum Gasteiger partial charge on any atom is -0.310 e. The number of hydrogen-bond donors (Lipinski definition) is 1. The molecule has 2 rings (SSSR count). The molecule has 1 aliphatic rings. The Labute approximate surface area is 112 Å². The molecule has 1 aromatic carbocycles. The van der Waals surface area contributed by atoms with Crippen molar-refractivity contribution in [2.24, 2.45) is 5.92 Å². The first-order valence-electron chi connectivity index (χ1n) is 6.99. The van der Waals surface area contributed by atoms with E-state index in [1.807, 2.05) is 6.92 Å². The van der Waals surface area contributed by atoms with Gasteiger partial charge in [-0.25, -0.2) is 13.2 Å². The van der Waals surface area contributed by atoms with Crippen LogP contribution in [0.15, 0.2) is 12.1 Å². The number of benzene rings is 1. The molecule has 0 amide bonds. The Morgan fingerprint density at radius 1 is 1.16 bits per heavy atom. The van der Waals surface area contributed by atoms with E-state index >= 15 is 0 Å². The average molecular weight is 271 g/mol.